The zero-order valence-corrected chi connectivity index (χ0v) is 13.2. The number of thiocarbonyl (C=S) groups is 1. The van der Waals surface area contributed by atoms with Gasteiger partial charge in [-0.2, -0.15) is 0 Å². The summed E-state index contributed by atoms with van der Waals surface area (Å²) in [6.07, 6.45) is 0. The maximum absolute atomic E-state index is 9.76. The van der Waals surface area contributed by atoms with Gasteiger partial charge in [-0.3, -0.25) is 0 Å². The number of nitrogens with one attached hydrogen (secondary N) is 2. The third-order valence-electron chi connectivity index (χ3n) is 2.81. The van der Waals surface area contributed by atoms with Gasteiger partial charge in [0.2, 0.25) is 0 Å². The van der Waals surface area contributed by atoms with E-state index in [4.69, 9.17) is 28.6 Å². The fourth-order valence-corrected chi connectivity index (χ4v) is 2.20. The van der Waals surface area contributed by atoms with Crippen LogP contribution in [-0.2, 0) is 0 Å². The van der Waals surface area contributed by atoms with Gasteiger partial charge >= 0.3 is 0 Å². The number of phenols is 1. The van der Waals surface area contributed by atoms with Crippen LogP contribution in [0.4, 0.5) is 11.4 Å². The molecule has 0 heterocycles. The fourth-order valence-electron chi connectivity index (χ4n) is 1.80. The van der Waals surface area contributed by atoms with E-state index in [1.807, 2.05) is 25.1 Å². The normalized spacial score (nSPS) is 10.0. The van der Waals surface area contributed by atoms with Gasteiger partial charge in [-0.1, -0.05) is 17.7 Å². The van der Waals surface area contributed by atoms with Crippen LogP contribution in [0.3, 0.4) is 0 Å². The Morgan fingerprint density at radius 3 is 2.57 bits per heavy atom. The minimum atomic E-state index is 0.0692. The highest BCUT2D eigenvalue weighted by Crippen LogP contribution is 2.28. The zero-order valence-electron chi connectivity index (χ0n) is 11.6. The third-order valence-corrected chi connectivity index (χ3v) is 3.25. The van der Waals surface area contributed by atoms with Crippen molar-refractivity contribution in [1.82, 2.24) is 0 Å². The van der Waals surface area contributed by atoms with E-state index in [0.29, 0.717) is 21.6 Å². The SMILES string of the molecule is COc1ccc(C)cc1NC(=S)Nc1cc(Cl)ccc1O. The highest BCUT2D eigenvalue weighted by Gasteiger charge is 2.08. The Kier molecular flexibility index (Phi) is 4.88. The van der Waals surface area contributed by atoms with Crippen LogP contribution in [0.15, 0.2) is 36.4 Å². The lowest BCUT2D eigenvalue weighted by atomic mass is 10.2. The third kappa shape index (κ3) is 4.00. The maximum Gasteiger partial charge on any atom is 0.175 e. The second-order valence-corrected chi connectivity index (χ2v) is 5.29. The number of hydrogen-bond acceptors (Lipinski definition) is 3. The van der Waals surface area contributed by atoms with Crippen molar-refractivity contribution < 1.29 is 9.84 Å². The predicted octanol–water partition coefficient (Wildman–Crippen LogP) is 4.17. The molecule has 0 bridgehead atoms. The number of ether oxygens (including phenoxy) is 1. The molecule has 0 spiro atoms. The largest absolute Gasteiger partial charge is 0.506 e. The van der Waals surface area contributed by atoms with Gasteiger partial charge in [0, 0.05) is 5.02 Å². The summed E-state index contributed by atoms with van der Waals surface area (Å²) in [4.78, 5) is 0. The van der Waals surface area contributed by atoms with Gasteiger partial charge < -0.3 is 20.5 Å². The van der Waals surface area contributed by atoms with E-state index in [-0.39, 0.29) is 5.75 Å². The summed E-state index contributed by atoms with van der Waals surface area (Å²) in [5, 5.41) is 16.5. The van der Waals surface area contributed by atoms with E-state index in [1.165, 1.54) is 6.07 Å². The second kappa shape index (κ2) is 6.65. The molecule has 0 aromatic heterocycles. The Balaban J connectivity index is 2.15. The molecule has 2 rings (SSSR count). The molecular formula is C15H15ClN2O2S. The molecular weight excluding hydrogens is 308 g/mol. The average Bonchev–Trinajstić information content (AvgIpc) is 2.43. The van der Waals surface area contributed by atoms with Crippen LogP contribution < -0.4 is 15.4 Å². The topological polar surface area (TPSA) is 53.5 Å². The molecule has 3 N–H and O–H groups in total. The first-order chi connectivity index (χ1) is 9.99. The van der Waals surface area contributed by atoms with Crippen LogP contribution in [0.25, 0.3) is 0 Å². The summed E-state index contributed by atoms with van der Waals surface area (Å²) < 4.78 is 5.27. The molecule has 0 aliphatic rings. The van der Waals surface area contributed by atoms with Crippen LogP contribution in [-0.4, -0.2) is 17.3 Å². The molecule has 21 heavy (non-hydrogen) atoms. The van der Waals surface area contributed by atoms with E-state index in [9.17, 15) is 5.11 Å². The molecule has 0 aliphatic heterocycles. The van der Waals surface area contributed by atoms with Crippen molar-refractivity contribution in [3.8, 4) is 11.5 Å². The van der Waals surface area contributed by atoms with Crippen molar-refractivity contribution in [2.75, 3.05) is 17.7 Å². The Labute approximate surface area is 133 Å². The molecule has 0 fully saturated rings. The molecule has 2 aromatic carbocycles. The number of rotatable bonds is 3. The smallest absolute Gasteiger partial charge is 0.175 e. The van der Waals surface area contributed by atoms with Crippen LogP contribution >= 0.6 is 23.8 Å². The first-order valence-electron chi connectivity index (χ1n) is 6.21. The molecule has 0 amide bonds. The van der Waals surface area contributed by atoms with Gasteiger partial charge in [0.15, 0.2) is 5.11 Å². The molecule has 0 saturated carbocycles. The summed E-state index contributed by atoms with van der Waals surface area (Å²) in [5.41, 5.74) is 2.26. The summed E-state index contributed by atoms with van der Waals surface area (Å²) in [6.45, 7) is 1.98. The number of phenolic OH excluding ortho intramolecular Hbond substituents is 1. The molecule has 0 unspecified atom stereocenters. The number of hydrogen-bond donors (Lipinski definition) is 3. The first kappa shape index (κ1) is 15.4. The number of methoxy groups -OCH3 is 1. The molecule has 2 aromatic rings. The maximum atomic E-state index is 9.76. The number of aryl methyl sites for hydroxylation is 1. The quantitative estimate of drug-likeness (QED) is 0.585. The number of halogens is 1. The van der Waals surface area contributed by atoms with Gasteiger partial charge in [0.05, 0.1) is 18.5 Å². The van der Waals surface area contributed by atoms with Crippen molar-refractivity contribution in [3.63, 3.8) is 0 Å². The van der Waals surface area contributed by atoms with Gasteiger partial charge in [0.1, 0.15) is 11.5 Å². The fraction of sp³-hybridized carbons (Fsp3) is 0.133. The molecule has 0 atom stereocenters. The molecule has 0 aliphatic carbocycles. The van der Waals surface area contributed by atoms with Gasteiger partial charge in [0.25, 0.3) is 0 Å². The van der Waals surface area contributed by atoms with Gasteiger partial charge in [-0.25, -0.2) is 0 Å². The molecule has 0 radical (unpaired) electrons. The Bertz CT molecular complexity index is 677. The minimum Gasteiger partial charge on any atom is -0.506 e. The zero-order chi connectivity index (χ0) is 15.4. The van der Waals surface area contributed by atoms with Crippen LogP contribution in [0.5, 0.6) is 11.5 Å². The Morgan fingerprint density at radius 2 is 1.86 bits per heavy atom. The van der Waals surface area contributed by atoms with E-state index >= 15 is 0 Å². The molecule has 110 valence electrons. The number of benzene rings is 2. The summed E-state index contributed by atoms with van der Waals surface area (Å²) in [7, 11) is 1.59. The second-order valence-electron chi connectivity index (χ2n) is 4.44. The lowest BCUT2D eigenvalue weighted by Crippen LogP contribution is -2.19. The van der Waals surface area contributed by atoms with E-state index in [0.717, 1.165) is 11.3 Å². The van der Waals surface area contributed by atoms with Crippen molar-refractivity contribution in [2.24, 2.45) is 0 Å². The lowest BCUT2D eigenvalue weighted by Gasteiger charge is -2.14. The van der Waals surface area contributed by atoms with Crippen LogP contribution in [0.2, 0.25) is 5.02 Å². The molecule has 0 saturated heterocycles. The van der Waals surface area contributed by atoms with E-state index in [2.05, 4.69) is 10.6 Å². The van der Waals surface area contributed by atoms with Crippen molar-refractivity contribution in [2.45, 2.75) is 6.92 Å². The number of anilines is 2. The Morgan fingerprint density at radius 1 is 1.14 bits per heavy atom. The standard InChI is InChI=1S/C15H15ClN2O2S/c1-9-3-6-14(20-2)12(7-9)18-15(21)17-11-8-10(16)4-5-13(11)19/h3-8,19H,1-2H3,(H2,17,18,21). The van der Waals surface area contributed by atoms with Gasteiger partial charge in [-0.05, 0) is 55.0 Å². The minimum absolute atomic E-state index is 0.0692. The van der Waals surface area contributed by atoms with Crippen LogP contribution in [0.1, 0.15) is 5.56 Å². The summed E-state index contributed by atoms with van der Waals surface area (Å²) in [6, 6.07) is 10.4. The number of aromatic hydroxyl groups is 1. The van der Waals surface area contributed by atoms with Crippen molar-refractivity contribution >= 4 is 40.3 Å². The highest BCUT2D eigenvalue weighted by atomic mass is 35.5. The van der Waals surface area contributed by atoms with E-state index in [1.54, 1.807) is 19.2 Å². The Hall–Kier alpha value is -1.98. The lowest BCUT2D eigenvalue weighted by molar-refractivity contribution is 0.417. The monoisotopic (exact) mass is 322 g/mol. The van der Waals surface area contributed by atoms with Gasteiger partial charge in [-0.15, -0.1) is 0 Å². The van der Waals surface area contributed by atoms with Crippen molar-refractivity contribution in [3.05, 3.63) is 47.0 Å². The average molecular weight is 323 g/mol. The first-order valence-corrected chi connectivity index (χ1v) is 6.99. The van der Waals surface area contributed by atoms with E-state index < -0.39 is 0 Å². The highest BCUT2D eigenvalue weighted by molar-refractivity contribution is 7.80. The van der Waals surface area contributed by atoms with Crippen molar-refractivity contribution in [1.29, 1.82) is 0 Å². The molecule has 6 heteroatoms. The van der Waals surface area contributed by atoms with Crippen LogP contribution in [0, 0.1) is 6.92 Å². The summed E-state index contributed by atoms with van der Waals surface area (Å²) >= 11 is 11.1. The molecule has 4 nitrogen and oxygen atoms in total. The summed E-state index contributed by atoms with van der Waals surface area (Å²) in [5.74, 6) is 0.750. The predicted molar refractivity (Wildman–Crippen MR) is 90.7 cm³/mol.